The summed E-state index contributed by atoms with van der Waals surface area (Å²) >= 11 is 0. The molecule has 3 N–H and O–H groups in total. The molecule has 0 aromatic heterocycles. The van der Waals surface area contributed by atoms with Crippen LogP contribution in [-0.2, 0) is 6.42 Å². The van der Waals surface area contributed by atoms with Crippen LogP contribution in [0.15, 0.2) is 36.4 Å². The summed E-state index contributed by atoms with van der Waals surface area (Å²) in [4.78, 5) is 0. The fraction of sp³-hybridized carbons (Fsp3) is 0.200. The van der Waals surface area contributed by atoms with Crippen molar-refractivity contribution in [3.05, 3.63) is 70.5 Å². The molecule has 0 aliphatic rings. The van der Waals surface area contributed by atoms with E-state index in [1.54, 1.807) is 0 Å². The Balaban J connectivity index is 2.41. The first kappa shape index (κ1) is 14.6. The van der Waals surface area contributed by atoms with Gasteiger partial charge in [-0.3, -0.25) is 5.84 Å². The Bertz CT molecular complexity index is 574. The highest BCUT2D eigenvalue weighted by molar-refractivity contribution is 5.34. The van der Waals surface area contributed by atoms with Crippen LogP contribution in [0.3, 0.4) is 0 Å². The molecule has 106 valence electrons. The average Bonchev–Trinajstić information content (AvgIpc) is 2.46. The lowest BCUT2D eigenvalue weighted by Gasteiger charge is -2.17. The molecule has 5 heteroatoms. The Labute approximate surface area is 115 Å². The number of hydrogen-bond donors (Lipinski definition) is 2. The van der Waals surface area contributed by atoms with E-state index >= 15 is 0 Å². The van der Waals surface area contributed by atoms with Gasteiger partial charge in [0.05, 0.1) is 6.04 Å². The van der Waals surface area contributed by atoms with E-state index in [4.69, 9.17) is 5.84 Å². The molecule has 2 aromatic rings. The van der Waals surface area contributed by atoms with Crippen molar-refractivity contribution in [1.29, 1.82) is 0 Å². The third-order valence-corrected chi connectivity index (χ3v) is 3.23. The molecular weight excluding hydrogens is 265 g/mol. The van der Waals surface area contributed by atoms with Crippen LogP contribution in [0.2, 0.25) is 0 Å². The second-order valence-corrected chi connectivity index (χ2v) is 4.49. The van der Waals surface area contributed by atoms with Gasteiger partial charge in [-0.25, -0.2) is 18.6 Å². The van der Waals surface area contributed by atoms with Crippen molar-refractivity contribution in [3.8, 4) is 0 Å². The van der Waals surface area contributed by atoms with Gasteiger partial charge >= 0.3 is 0 Å². The lowest BCUT2D eigenvalue weighted by atomic mass is 9.97. The van der Waals surface area contributed by atoms with Crippen LogP contribution in [0.1, 0.15) is 29.7 Å². The van der Waals surface area contributed by atoms with Crippen LogP contribution in [-0.4, -0.2) is 0 Å². The highest BCUT2D eigenvalue weighted by atomic mass is 19.2. The fourth-order valence-corrected chi connectivity index (χ4v) is 2.07. The Kier molecular flexibility index (Phi) is 4.42. The van der Waals surface area contributed by atoms with E-state index in [9.17, 15) is 13.2 Å². The quantitative estimate of drug-likeness (QED) is 0.512. The van der Waals surface area contributed by atoms with E-state index < -0.39 is 23.5 Å². The minimum atomic E-state index is -1.48. The zero-order chi connectivity index (χ0) is 14.7. The molecule has 0 amide bonds. The number of hydrogen-bond acceptors (Lipinski definition) is 2. The summed E-state index contributed by atoms with van der Waals surface area (Å²) in [5.74, 6) is 1.51. The summed E-state index contributed by atoms with van der Waals surface area (Å²) in [6.07, 6.45) is 0.890. The normalized spacial score (nSPS) is 12.4. The van der Waals surface area contributed by atoms with Crippen molar-refractivity contribution in [1.82, 2.24) is 5.43 Å². The molecule has 20 heavy (non-hydrogen) atoms. The number of aryl methyl sites for hydroxylation is 1. The zero-order valence-corrected chi connectivity index (χ0v) is 11.0. The summed E-state index contributed by atoms with van der Waals surface area (Å²) in [7, 11) is 0. The van der Waals surface area contributed by atoms with E-state index in [1.165, 1.54) is 0 Å². The van der Waals surface area contributed by atoms with Crippen molar-refractivity contribution in [3.63, 3.8) is 0 Å². The van der Waals surface area contributed by atoms with Crippen LogP contribution < -0.4 is 11.3 Å². The minimum Gasteiger partial charge on any atom is -0.271 e. The molecule has 2 aromatic carbocycles. The number of nitrogens with two attached hydrogens (primary N) is 1. The molecule has 1 unspecified atom stereocenters. The molecule has 0 spiro atoms. The summed E-state index contributed by atoms with van der Waals surface area (Å²) in [6, 6.07) is 8.75. The first-order valence-corrected chi connectivity index (χ1v) is 6.26. The molecule has 0 bridgehead atoms. The molecule has 1 atom stereocenters. The predicted molar refractivity (Wildman–Crippen MR) is 71.3 cm³/mol. The molecule has 0 radical (unpaired) electrons. The smallest absolute Gasteiger partial charge is 0.194 e. The van der Waals surface area contributed by atoms with Gasteiger partial charge in [-0.2, -0.15) is 0 Å². The number of benzene rings is 2. The van der Waals surface area contributed by atoms with Gasteiger partial charge in [0.2, 0.25) is 0 Å². The molecule has 0 heterocycles. The second kappa shape index (κ2) is 6.07. The van der Waals surface area contributed by atoms with Crippen LogP contribution in [0.5, 0.6) is 0 Å². The van der Waals surface area contributed by atoms with Crippen LogP contribution >= 0.6 is 0 Å². The van der Waals surface area contributed by atoms with Gasteiger partial charge in [-0.1, -0.05) is 31.2 Å². The molecule has 2 nitrogen and oxygen atoms in total. The number of nitrogens with one attached hydrogen (secondary N) is 1. The van der Waals surface area contributed by atoms with E-state index in [0.29, 0.717) is 0 Å². The Morgan fingerprint density at radius 2 is 1.55 bits per heavy atom. The molecule has 0 fully saturated rings. The Morgan fingerprint density at radius 3 is 2.00 bits per heavy atom. The van der Waals surface area contributed by atoms with Gasteiger partial charge in [0.15, 0.2) is 17.5 Å². The van der Waals surface area contributed by atoms with Gasteiger partial charge in [-0.05, 0) is 35.2 Å². The third-order valence-electron chi connectivity index (χ3n) is 3.23. The number of hydrazine groups is 1. The van der Waals surface area contributed by atoms with E-state index in [0.717, 1.165) is 29.7 Å². The monoisotopic (exact) mass is 280 g/mol. The maximum atomic E-state index is 13.3. The largest absolute Gasteiger partial charge is 0.271 e. The summed E-state index contributed by atoms with van der Waals surface area (Å²) < 4.78 is 39.6. The Hall–Kier alpha value is -1.85. The fourth-order valence-electron chi connectivity index (χ4n) is 2.07. The molecule has 0 saturated carbocycles. The standard InChI is InChI=1S/C15H15F3N2/c1-2-9-3-5-10(6-4-9)15(20-19)11-7-12(16)14(18)13(17)8-11/h3-8,15,20H,2,19H2,1H3. The van der Waals surface area contributed by atoms with E-state index in [2.05, 4.69) is 5.43 Å². The molecule has 0 aliphatic heterocycles. The van der Waals surface area contributed by atoms with E-state index in [-0.39, 0.29) is 5.56 Å². The van der Waals surface area contributed by atoms with Gasteiger partial charge < -0.3 is 0 Å². The van der Waals surface area contributed by atoms with E-state index in [1.807, 2.05) is 31.2 Å². The number of rotatable bonds is 4. The molecule has 2 rings (SSSR count). The lowest BCUT2D eigenvalue weighted by Crippen LogP contribution is -2.29. The van der Waals surface area contributed by atoms with Crippen molar-refractivity contribution >= 4 is 0 Å². The van der Waals surface area contributed by atoms with Crippen LogP contribution in [0.25, 0.3) is 0 Å². The third kappa shape index (κ3) is 2.84. The first-order chi connectivity index (χ1) is 9.56. The van der Waals surface area contributed by atoms with Crippen molar-refractivity contribution in [2.45, 2.75) is 19.4 Å². The first-order valence-electron chi connectivity index (χ1n) is 6.26. The summed E-state index contributed by atoms with van der Waals surface area (Å²) in [6.45, 7) is 2.03. The van der Waals surface area contributed by atoms with Gasteiger partial charge in [0.1, 0.15) is 0 Å². The average molecular weight is 280 g/mol. The lowest BCUT2D eigenvalue weighted by molar-refractivity contribution is 0.442. The van der Waals surface area contributed by atoms with Crippen molar-refractivity contribution in [2.24, 2.45) is 5.84 Å². The van der Waals surface area contributed by atoms with Gasteiger partial charge in [-0.15, -0.1) is 0 Å². The van der Waals surface area contributed by atoms with Gasteiger partial charge in [0.25, 0.3) is 0 Å². The maximum Gasteiger partial charge on any atom is 0.194 e. The maximum absolute atomic E-state index is 13.3. The summed E-state index contributed by atoms with van der Waals surface area (Å²) in [5, 5.41) is 0. The molecule has 0 aliphatic carbocycles. The topological polar surface area (TPSA) is 38.0 Å². The highest BCUT2D eigenvalue weighted by Gasteiger charge is 2.18. The molecular formula is C15H15F3N2. The zero-order valence-electron chi connectivity index (χ0n) is 11.0. The number of halogens is 3. The van der Waals surface area contributed by atoms with Gasteiger partial charge in [0, 0.05) is 0 Å². The van der Waals surface area contributed by atoms with Crippen molar-refractivity contribution in [2.75, 3.05) is 0 Å². The summed E-state index contributed by atoms with van der Waals surface area (Å²) in [5.41, 5.74) is 4.61. The molecule has 0 saturated heterocycles. The van der Waals surface area contributed by atoms with Crippen LogP contribution in [0, 0.1) is 17.5 Å². The predicted octanol–water partition coefficient (Wildman–Crippen LogP) is 3.22. The SMILES string of the molecule is CCc1ccc(C(NN)c2cc(F)c(F)c(F)c2)cc1. The minimum absolute atomic E-state index is 0.230. The highest BCUT2D eigenvalue weighted by Crippen LogP contribution is 2.25. The Morgan fingerprint density at radius 1 is 1.00 bits per heavy atom. The van der Waals surface area contributed by atoms with Crippen molar-refractivity contribution < 1.29 is 13.2 Å². The second-order valence-electron chi connectivity index (χ2n) is 4.49. The van der Waals surface area contributed by atoms with Crippen LogP contribution in [0.4, 0.5) is 13.2 Å².